The molecule has 0 atom stereocenters. The van der Waals surface area contributed by atoms with Crippen molar-refractivity contribution in [1.29, 1.82) is 0 Å². The van der Waals surface area contributed by atoms with Crippen LogP contribution in [-0.2, 0) is 6.42 Å². The summed E-state index contributed by atoms with van der Waals surface area (Å²) >= 11 is 3.35. The van der Waals surface area contributed by atoms with E-state index in [1.165, 1.54) is 0 Å². The third-order valence-electron chi connectivity index (χ3n) is 2.05. The highest BCUT2D eigenvalue weighted by molar-refractivity contribution is 9.10. The van der Waals surface area contributed by atoms with Crippen molar-refractivity contribution in [2.45, 2.75) is 12.8 Å². The molecule has 0 aliphatic rings. The lowest BCUT2D eigenvalue weighted by Crippen LogP contribution is -2.00. The zero-order chi connectivity index (χ0) is 9.97. The molecule has 0 spiro atoms. The first-order valence-electron chi connectivity index (χ1n) is 4.49. The van der Waals surface area contributed by atoms with Crippen LogP contribution in [-0.4, -0.2) is 21.1 Å². The number of nitrogens with zero attached hydrogens (tertiary/aromatic N) is 3. The molecule has 0 aromatic carbocycles. The number of nitrogens with two attached hydrogens (primary N) is 1. The predicted octanol–water partition coefficient (Wildman–Crippen LogP) is 1.38. The second-order valence-electron chi connectivity index (χ2n) is 3.10. The Hall–Kier alpha value is -0.940. The molecule has 0 fully saturated rings. The van der Waals surface area contributed by atoms with E-state index in [0.717, 1.165) is 28.5 Å². The summed E-state index contributed by atoms with van der Waals surface area (Å²) < 4.78 is 2.70. The zero-order valence-corrected chi connectivity index (χ0v) is 9.24. The second-order valence-corrected chi connectivity index (χ2v) is 4.02. The van der Waals surface area contributed by atoms with Crippen LogP contribution in [0.25, 0.3) is 5.65 Å². The van der Waals surface area contributed by atoms with Gasteiger partial charge in [0.2, 0.25) is 0 Å². The van der Waals surface area contributed by atoms with Gasteiger partial charge in [0.05, 0.1) is 10.7 Å². The fourth-order valence-corrected chi connectivity index (χ4v) is 1.67. The van der Waals surface area contributed by atoms with Crippen LogP contribution in [0.5, 0.6) is 0 Å². The van der Waals surface area contributed by atoms with Gasteiger partial charge in [-0.2, -0.15) is 5.10 Å². The van der Waals surface area contributed by atoms with Gasteiger partial charge in [0.25, 0.3) is 0 Å². The molecule has 74 valence electrons. The Kier molecular flexibility index (Phi) is 2.79. The van der Waals surface area contributed by atoms with Crippen molar-refractivity contribution in [3.63, 3.8) is 0 Å². The van der Waals surface area contributed by atoms with Crippen LogP contribution in [0.4, 0.5) is 0 Å². The van der Waals surface area contributed by atoms with Crippen molar-refractivity contribution < 1.29 is 0 Å². The smallest absolute Gasteiger partial charge is 0.158 e. The van der Waals surface area contributed by atoms with Gasteiger partial charge in [0, 0.05) is 18.0 Å². The molecule has 0 radical (unpaired) electrons. The van der Waals surface area contributed by atoms with Crippen molar-refractivity contribution in [2.24, 2.45) is 5.73 Å². The van der Waals surface area contributed by atoms with Gasteiger partial charge >= 0.3 is 0 Å². The fraction of sp³-hybridized carbons (Fsp3) is 0.333. The van der Waals surface area contributed by atoms with Crippen LogP contribution in [0, 0.1) is 0 Å². The molecular formula is C9H11BrN4. The lowest BCUT2D eigenvalue weighted by Gasteiger charge is -1.96. The summed E-state index contributed by atoms with van der Waals surface area (Å²) in [4.78, 5) is 4.31. The van der Waals surface area contributed by atoms with Crippen LogP contribution in [0.2, 0.25) is 0 Å². The summed E-state index contributed by atoms with van der Waals surface area (Å²) in [6.45, 7) is 0.702. The SMILES string of the molecule is NCCCc1cnn2cc(Br)cnc12. The van der Waals surface area contributed by atoms with Crippen molar-refractivity contribution in [3.8, 4) is 0 Å². The molecule has 0 unspecified atom stereocenters. The Labute approximate surface area is 90.3 Å². The molecule has 14 heavy (non-hydrogen) atoms. The average Bonchev–Trinajstić information content (AvgIpc) is 2.57. The molecular weight excluding hydrogens is 244 g/mol. The van der Waals surface area contributed by atoms with E-state index in [1.807, 2.05) is 12.4 Å². The van der Waals surface area contributed by atoms with E-state index < -0.39 is 0 Å². The van der Waals surface area contributed by atoms with Crippen LogP contribution in [0.3, 0.4) is 0 Å². The predicted molar refractivity (Wildman–Crippen MR) is 58.1 cm³/mol. The van der Waals surface area contributed by atoms with Crippen LogP contribution >= 0.6 is 15.9 Å². The van der Waals surface area contributed by atoms with Gasteiger partial charge in [0.1, 0.15) is 0 Å². The molecule has 0 aliphatic carbocycles. The van der Waals surface area contributed by atoms with Gasteiger partial charge in [0.15, 0.2) is 5.65 Å². The van der Waals surface area contributed by atoms with E-state index in [4.69, 9.17) is 5.73 Å². The number of hydrogen-bond donors (Lipinski definition) is 1. The van der Waals surface area contributed by atoms with Gasteiger partial charge in [-0.15, -0.1) is 0 Å². The summed E-state index contributed by atoms with van der Waals surface area (Å²) in [6, 6.07) is 0. The van der Waals surface area contributed by atoms with Crippen LogP contribution in [0.1, 0.15) is 12.0 Å². The molecule has 4 nitrogen and oxygen atoms in total. The Morgan fingerprint density at radius 1 is 1.43 bits per heavy atom. The van der Waals surface area contributed by atoms with E-state index in [9.17, 15) is 0 Å². The average molecular weight is 255 g/mol. The molecule has 2 aromatic rings. The minimum atomic E-state index is 0.702. The fourth-order valence-electron chi connectivity index (χ4n) is 1.37. The largest absolute Gasteiger partial charge is 0.330 e. The first kappa shape index (κ1) is 9.61. The van der Waals surface area contributed by atoms with E-state index >= 15 is 0 Å². The van der Waals surface area contributed by atoms with Crippen LogP contribution < -0.4 is 5.73 Å². The maximum absolute atomic E-state index is 5.46. The van der Waals surface area contributed by atoms with Gasteiger partial charge in [-0.3, -0.25) is 0 Å². The minimum absolute atomic E-state index is 0.702. The van der Waals surface area contributed by atoms with E-state index in [0.29, 0.717) is 6.54 Å². The number of halogens is 1. The Morgan fingerprint density at radius 3 is 3.07 bits per heavy atom. The topological polar surface area (TPSA) is 56.2 Å². The highest BCUT2D eigenvalue weighted by Gasteiger charge is 2.04. The lowest BCUT2D eigenvalue weighted by atomic mass is 10.2. The van der Waals surface area contributed by atoms with Gasteiger partial charge in [-0.1, -0.05) is 0 Å². The molecule has 5 heteroatoms. The molecule has 0 saturated carbocycles. The summed E-state index contributed by atoms with van der Waals surface area (Å²) in [5.41, 5.74) is 7.53. The molecule has 2 heterocycles. The Balaban J connectivity index is 2.37. The number of aryl methyl sites for hydroxylation is 1. The quantitative estimate of drug-likeness (QED) is 0.901. The summed E-state index contributed by atoms with van der Waals surface area (Å²) in [6.07, 6.45) is 7.44. The third kappa shape index (κ3) is 1.78. The van der Waals surface area contributed by atoms with Gasteiger partial charge in [-0.25, -0.2) is 9.50 Å². The third-order valence-corrected chi connectivity index (χ3v) is 2.46. The minimum Gasteiger partial charge on any atom is -0.330 e. The number of hydrogen-bond acceptors (Lipinski definition) is 3. The van der Waals surface area contributed by atoms with Crippen molar-refractivity contribution >= 4 is 21.6 Å². The molecule has 2 aromatic heterocycles. The molecule has 2 rings (SSSR count). The first-order chi connectivity index (χ1) is 6.81. The highest BCUT2D eigenvalue weighted by atomic mass is 79.9. The molecule has 0 bridgehead atoms. The summed E-state index contributed by atoms with van der Waals surface area (Å²) in [5, 5.41) is 4.22. The lowest BCUT2D eigenvalue weighted by molar-refractivity contribution is 0.835. The number of fused-ring (bicyclic) bond motifs is 1. The van der Waals surface area contributed by atoms with E-state index in [-0.39, 0.29) is 0 Å². The highest BCUT2D eigenvalue weighted by Crippen LogP contribution is 2.13. The Bertz CT molecular complexity index is 437. The maximum Gasteiger partial charge on any atom is 0.158 e. The Morgan fingerprint density at radius 2 is 2.29 bits per heavy atom. The molecule has 0 amide bonds. The normalized spacial score (nSPS) is 11.0. The number of rotatable bonds is 3. The monoisotopic (exact) mass is 254 g/mol. The van der Waals surface area contributed by atoms with E-state index in [1.54, 1.807) is 10.7 Å². The van der Waals surface area contributed by atoms with Gasteiger partial charge < -0.3 is 5.73 Å². The van der Waals surface area contributed by atoms with E-state index in [2.05, 4.69) is 26.0 Å². The maximum atomic E-state index is 5.46. The molecule has 2 N–H and O–H groups in total. The molecule has 0 aliphatic heterocycles. The summed E-state index contributed by atoms with van der Waals surface area (Å²) in [7, 11) is 0. The van der Waals surface area contributed by atoms with Crippen LogP contribution in [0.15, 0.2) is 23.1 Å². The van der Waals surface area contributed by atoms with Crippen molar-refractivity contribution in [2.75, 3.05) is 6.54 Å². The standard InChI is InChI=1S/C9H11BrN4/c10-8-5-12-9-7(2-1-3-11)4-13-14(9)6-8/h4-6H,1-3,11H2. The van der Waals surface area contributed by atoms with Crippen molar-refractivity contribution in [3.05, 3.63) is 28.6 Å². The molecule has 0 saturated heterocycles. The zero-order valence-electron chi connectivity index (χ0n) is 7.65. The second kappa shape index (κ2) is 4.06. The summed E-state index contributed by atoms with van der Waals surface area (Å²) in [5.74, 6) is 0. The number of aromatic nitrogens is 3. The van der Waals surface area contributed by atoms with Gasteiger partial charge in [-0.05, 0) is 35.3 Å². The van der Waals surface area contributed by atoms with Crippen molar-refractivity contribution in [1.82, 2.24) is 14.6 Å². The first-order valence-corrected chi connectivity index (χ1v) is 5.28.